The zero-order valence-corrected chi connectivity index (χ0v) is 13.0. The lowest BCUT2D eigenvalue weighted by molar-refractivity contribution is 0.0594. The van der Waals surface area contributed by atoms with E-state index in [0.717, 1.165) is 16.7 Å². The maximum Gasteiger partial charge on any atom is 0.359 e. The number of carbonyl (C=O) groups is 1. The van der Waals surface area contributed by atoms with E-state index in [-0.39, 0.29) is 10.8 Å². The standard InChI is InChI=1S/C15H15ClN2O3/c1-8-5-9(2)12(11(6-8)20-3)10-7-17-13(14(16)18-10)15(19)21-4/h5-7H,1-4H3. The first-order valence-electron chi connectivity index (χ1n) is 6.24. The van der Waals surface area contributed by atoms with Gasteiger partial charge in [0.05, 0.1) is 26.1 Å². The number of methoxy groups -OCH3 is 2. The number of aryl methyl sites for hydroxylation is 2. The molecule has 0 aliphatic heterocycles. The summed E-state index contributed by atoms with van der Waals surface area (Å²) in [5, 5.41) is 0.00128. The average molecular weight is 307 g/mol. The van der Waals surface area contributed by atoms with Crippen molar-refractivity contribution in [3.8, 4) is 17.0 Å². The first-order valence-corrected chi connectivity index (χ1v) is 6.62. The second-order valence-electron chi connectivity index (χ2n) is 4.55. The van der Waals surface area contributed by atoms with Gasteiger partial charge in [0.15, 0.2) is 10.8 Å². The normalized spacial score (nSPS) is 10.3. The molecule has 1 heterocycles. The lowest BCUT2D eigenvalue weighted by Gasteiger charge is -2.13. The van der Waals surface area contributed by atoms with Gasteiger partial charge >= 0.3 is 5.97 Å². The fraction of sp³-hybridized carbons (Fsp3) is 0.267. The third kappa shape index (κ3) is 2.97. The van der Waals surface area contributed by atoms with Crippen molar-refractivity contribution in [2.24, 2.45) is 0 Å². The fourth-order valence-electron chi connectivity index (χ4n) is 2.14. The molecule has 0 atom stereocenters. The molecule has 0 radical (unpaired) electrons. The van der Waals surface area contributed by atoms with Gasteiger partial charge < -0.3 is 9.47 Å². The molecular formula is C15H15ClN2O3. The number of hydrogen-bond acceptors (Lipinski definition) is 5. The Morgan fingerprint density at radius 2 is 1.95 bits per heavy atom. The zero-order chi connectivity index (χ0) is 15.6. The van der Waals surface area contributed by atoms with Gasteiger partial charge in [-0.15, -0.1) is 0 Å². The third-order valence-corrected chi connectivity index (χ3v) is 3.29. The predicted molar refractivity (Wildman–Crippen MR) is 79.8 cm³/mol. The summed E-state index contributed by atoms with van der Waals surface area (Å²) < 4.78 is 9.99. The summed E-state index contributed by atoms with van der Waals surface area (Å²) in [7, 11) is 2.86. The molecule has 0 saturated carbocycles. The minimum absolute atomic E-state index is 0.00128. The number of carbonyl (C=O) groups excluding carboxylic acids is 1. The number of aromatic nitrogens is 2. The van der Waals surface area contributed by atoms with Crippen molar-refractivity contribution in [2.45, 2.75) is 13.8 Å². The van der Waals surface area contributed by atoms with E-state index in [4.69, 9.17) is 16.3 Å². The quantitative estimate of drug-likeness (QED) is 0.815. The number of nitrogens with zero attached hydrogens (tertiary/aromatic N) is 2. The topological polar surface area (TPSA) is 61.3 Å². The SMILES string of the molecule is COC(=O)c1ncc(-c2c(C)cc(C)cc2OC)nc1Cl. The molecule has 2 aromatic rings. The van der Waals surface area contributed by atoms with Crippen molar-refractivity contribution in [2.75, 3.05) is 14.2 Å². The molecule has 2 rings (SSSR count). The highest BCUT2D eigenvalue weighted by molar-refractivity contribution is 6.32. The van der Waals surface area contributed by atoms with Crippen LogP contribution in [0.3, 0.4) is 0 Å². The van der Waals surface area contributed by atoms with E-state index in [9.17, 15) is 4.79 Å². The van der Waals surface area contributed by atoms with E-state index in [1.54, 1.807) is 7.11 Å². The fourth-order valence-corrected chi connectivity index (χ4v) is 2.36. The monoisotopic (exact) mass is 306 g/mol. The molecule has 0 unspecified atom stereocenters. The predicted octanol–water partition coefficient (Wildman–Crippen LogP) is 3.21. The van der Waals surface area contributed by atoms with Crippen LogP contribution in [0.2, 0.25) is 5.15 Å². The highest BCUT2D eigenvalue weighted by Crippen LogP contribution is 2.33. The van der Waals surface area contributed by atoms with Crippen LogP contribution in [0.4, 0.5) is 0 Å². The second-order valence-corrected chi connectivity index (χ2v) is 4.90. The van der Waals surface area contributed by atoms with Crippen LogP contribution in [-0.4, -0.2) is 30.2 Å². The molecule has 0 fully saturated rings. The summed E-state index contributed by atoms with van der Waals surface area (Å²) in [4.78, 5) is 19.8. The first kappa shape index (κ1) is 15.3. The van der Waals surface area contributed by atoms with E-state index in [0.29, 0.717) is 11.4 Å². The van der Waals surface area contributed by atoms with E-state index in [1.807, 2.05) is 26.0 Å². The molecule has 0 aliphatic rings. The highest BCUT2D eigenvalue weighted by Gasteiger charge is 2.18. The zero-order valence-electron chi connectivity index (χ0n) is 12.2. The van der Waals surface area contributed by atoms with Crippen LogP contribution in [0.25, 0.3) is 11.3 Å². The van der Waals surface area contributed by atoms with Gasteiger partial charge in [-0.2, -0.15) is 0 Å². The lowest BCUT2D eigenvalue weighted by atomic mass is 10.0. The molecule has 1 aromatic carbocycles. The Hall–Kier alpha value is -2.14. The first-order chi connectivity index (χ1) is 9.97. The summed E-state index contributed by atoms with van der Waals surface area (Å²) in [6.45, 7) is 3.94. The largest absolute Gasteiger partial charge is 0.496 e. The van der Waals surface area contributed by atoms with Crippen LogP contribution < -0.4 is 4.74 Å². The van der Waals surface area contributed by atoms with Gasteiger partial charge in [0.25, 0.3) is 0 Å². The van der Waals surface area contributed by atoms with Crippen LogP contribution in [0.5, 0.6) is 5.75 Å². The summed E-state index contributed by atoms with van der Waals surface area (Å²) in [6, 6.07) is 3.92. The van der Waals surface area contributed by atoms with Crippen molar-refractivity contribution in [3.05, 3.63) is 40.3 Å². The van der Waals surface area contributed by atoms with Gasteiger partial charge in [0, 0.05) is 5.56 Å². The Morgan fingerprint density at radius 1 is 1.24 bits per heavy atom. The van der Waals surface area contributed by atoms with Crippen molar-refractivity contribution < 1.29 is 14.3 Å². The van der Waals surface area contributed by atoms with E-state index >= 15 is 0 Å². The maximum absolute atomic E-state index is 11.5. The molecule has 0 amide bonds. The van der Waals surface area contributed by atoms with Gasteiger partial charge in [-0.3, -0.25) is 0 Å². The summed E-state index contributed by atoms with van der Waals surface area (Å²) in [5.74, 6) is 0.0651. The van der Waals surface area contributed by atoms with E-state index < -0.39 is 5.97 Å². The van der Waals surface area contributed by atoms with Crippen LogP contribution in [0, 0.1) is 13.8 Å². The Balaban J connectivity index is 2.58. The van der Waals surface area contributed by atoms with Gasteiger partial charge in [0.1, 0.15) is 5.75 Å². The number of benzene rings is 1. The minimum atomic E-state index is -0.619. The summed E-state index contributed by atoms with van der Waals surface area (Å²) in [5.41, 5.74) is 3.41. The maximum atomic E-state index is 11.5. The molecule has 0 N–H and O–H groups in total. The van der Waals surface area contributed by atoms with E-state index in [2.05, 4.69) is 14.7 Å². The number of rotatable bonds is 3. The Kier molecular flexibility index (Phi) is 4.43. The van der Waals surface area contributed by atoms with Crippen LogP contribution in [-0.2, 0) is 4.74 Å². The summed E-state index contributed by atoms with van der Waals surface area (Å²) in [6.07, 6.45) is 1.48. The molecule has 110 valence electrons. The van der Waals surface area contributed by atoms with Gasteiger partial charge in [0.2, 0.25) is 0 Å². The molecular weight excluding hydrogens is 292 g/mol. The van der Waals surface area contributed by atoms with Crippen molar-refractivity contribution in [3.63, 3.8) is 0 Å². The molecule has 5 nitrogen and oxygen atoms in total. The minimum Gasteiger partial charge on any atom is -0.496 e. The lowest BCUT2D eigenvalue weighted by Crippen LogP contribution is -2.07. The molecule has 6 heteroatoms. The van der Waals surface area contributed by atoms with Crippen molar-refractivity contribution in [1.82, 2.24) is 9.97 Å². The molecule has 0 bridgehead atoms. The van der Waals surface area contributed by atoms with Gasteiger partial charge in [-0.1, -0.05) is 17.7 Å². The number of ether oxygens (including phenoxy) is 2. The molecule has 0 saturated heterocycles. The second kappa shape index (κ2) is 6.10. The number of hydrogen-bond donors (Lipinski definition) is 0. The van der Waals surface area contributed by atoms with Crippen LogP contribution >= 0.6 is 11.6 Å². The highest BCUT2D eigenvalue weighted by atomic mass is 35.5. The molecule has 0 spiro atoms. The average Bonchev–Trinajstić information content (AvgIpc) is 2.45. The number of halogens is 1. The van der Waals surface area contributed by atoms with Gasteiger partial charge in [-0.25, -0.2) is 14.8 Å². The van der Waals surface area contributed by atoms with Crippen LogP contribution in [0.1, 0.15) is 21.6 Å². The Morgan fingerprint density at radius 3 is 2.52 bits per heavy atom. The van der Waals surface area contributed by atoms with Crippen molar-refractivity contribution >= 4 is 17.6 Å². The molecule has 0 aliphatic carbocycles. The Labute approximate surface area is 127 Å². The van der Waals surface area contributed by atoms with Crippen LogP contribution in [0.15, 0.2) is 18.3 Å². The van der Waals surface area contributed by atoms with Crippen molar-refractivity contribution in [1.29, 1.82) is 0 Å². The summed E-state index contributed by atoms with van der Waals surface area (Å²) >= 11 is 6.02. The smallest absolute Gasteiger partial charge is 0.359 e. The molecule has 21 heavy (non-hydrogen) atoms. The third-order valence-electron chi connectivity index (χ3n) is 3.03. The molecule has 1 aromatic heterocycles. The Bertz CT molecular complexity index is 702. The van der Waals surface area contributed by atoms with Gasteiger partial charge in [-0.05, 0) is 31.0 Å². The number of esters is 1. The van der Waals surface area contributed by atoms with E-state index in [1.165, 1.54) is 13.3 Å².